The van der Waals surface area contributed by atoms with Gasteiger partial charge < -0.3 is 10.4 Å². The van der Waals surface area contributed by atoms with Gasteiger partial charge in [-0.15, -0.1) is 0 Å². The number of amides is 2. The van der Waals surface area contributed by atoms with Crippen molar-refractivity contribution in [3.63, 3.8) is 0 Å². The van der Waals surface area contributed by atoms with Crippen molar-refractivity contribution in [3.05, 3.63) is 90.3 Å². The van der Waals surface area contributed by atoms with Crippen LogP contribution in [0.4, 0.5) is 5.69 Å². The van der Waals surface area contributed by atoms with Gasteiger partial charge in [-0.25, -0.2) is 5.43 Å². The molecule has 10 heteroatoms. The molecule has 3 aromatic rings. The highest BCUT2D eigenvalue weighted by Crippen LogP contribution is 2.30. The molecule has 158 valence electrons. The highest BCUT2D eigenvalue weighted by molar-refractivity contribution is 9.11. The zero-order chi connectivity index (χ0) is 22.5. The van der Waals surface area contributed by atoms with Crippen molar-refractivity contribution in [3.8, 4) is 5.75 Å². The summed E-state index contributed by atoms with van der Waals surface area (Å²) in [6.07, 6.45) is 1.33. The SMILES string of the molecule is O=C(N/N=C\c1cc(Br)cc(Br)c1O)c1ccc(NC(=O)c2ccc(Cl)cc2Cl)cc1. The Balaban J connectivity index is 1.63. The van der Waals surface area contributed by atoms with Gasteiger partial charge in [0.2, 0.25) is 0 Å². The summed E-state index contributed by atoms with van der Waals surface area (Å²) < 4.78 is 1.23. The Bertz CT molecular complexity index is 1190. The molecule has 0 atom stereocenters. The van der Waals surface area contributed by atoms with Crippen LogP contribution in [0.15, 0.2) is 68.6 Å². The third-order valence-electron chi connectivity index (χ3n) is 4.01. The standard InChI is InChI=1S/C21H13Br2Cl2N3O3/c22-13-7-12(19(29)17(23)8-13)10-26-28-20(30)11-1-4-15(5-2-11)27-21(31)16-6-3-14(24)9-18(16)25/h1-10,29H,(H,27,31)(H,28,30)/b26-10-. The zero-order valence-electron chi connectivity index (χ0n) is 15.5. The van der Waals surface area contributed by atoms with Gasteiger partial charge >= 0.3 is 0 Å². The van der Waals surface area contributed by atoms with Crippen molar-refractivity contribution in [2.45, 2.75) is 0 Å². The maximum absolute atomic E-state index is 12.4. The minimum Gasteiger partial charge on any atom is -0.506 e. The molecule has 0 fully saturated rings. The van der Waals surface area contributed by atoms with Gasteiger partial charge in [0.15, 0.2) is 0 Å². The van der Waals surface area contributed by atoms with Gasteiger partial charge in [0.1, 0.15) is 5.75 Å². The number of benzene rings is 3. The minimum absolute atomic E-state index is 0.00193. The molecule has 31 heavy (non-hydrogen) atoms. The van der Waals surface area contributed by atoms with Crippen LogP contribution < -0.4 is 10.7 Å². The van der Waals surface area contributed by atoms with E-state index in [0.29, 0.717) is 26.3 Å². The maximum atomic E-state index is 12.4. The Kier molecular flexibility index (Phi) is 7.72. The first-order chi connectivity index (χ1) is 14.7. The van der Waals surface area contributed by atoms with Crippen molar-refractivity contribution in [2.24, 2.45) is 5.10 Å². The molecule has 0 saturated carbocycles. The van der Waals surface area contributed by atoms with E-state index in [4.69, 9.17) is 23.2 Å². The monoisotopic (exact) mass is 583 g/mol. The highest BCUT2D eigenvalue weighted by atomic mass is 79.9. The van der Waals surface area contributed by atoms with E-state index < -0.39 is 11.8 Å². The van der Waals surface area contributed by atoms with E-state index >= 15 is 0 Å². The molecule has 3 N–H and O–H groups in total. The molecule has 0 bridgehead atoms. The first-order valence-electron chi connectivity index (χ1n) is 8.62. The summed E-state index contributed by atoms with van der Waals surface area (Å²) in [5, 5.41) is 17.2. The van der Waals surface area contributed by atoms with Gasteiger partial charge in [-0.05, 0) is 70.5 Å². The number of rotatable bonds is 5. The summed E-state index contributed by atoms with van der Waals surface area (Å²) in [5.74, 6) is -0.853. The fourth-order valence-electron chi connectivity index (χ4n) is 2.49. The fourth-order valence-corrected chi connectivity index (χ4v) is 4.24. The largest absolute Gasteiger partial charge is 0.506 e. The van der Waals surface area contributed by atoms with E-state index in [9.17, 15) is 14.7 Å². The third kappa shape index (κ3) is 6.07. The Labute approximate surface area is 204 Å². The predicted molar refractivity (Wildman–Crippen MR) is 129 cm³/mol. The van der Waals surface area contributed by atoms with Crippen LogP contribution in [0.5, 0.6) is 5.75 Å². The van der Waals surface area contributed by atoms with Crippen LogP contribution in [-0.2, 0) is 0 Å². The highest BCUT2D eigenvalue weighted by Gasteiger charge is 2.12. The Morgan fingerprint density at radius 2 is 1.68 bits per heavy atom. The predicted octanol–water partition coefficient (Wildman–Crippen LogP) is 6.24. The molecule has 0 aromatic heterocycles. The summed E-state index contributed by atoms with van der Waals surface area (Å²) in [4.78, 5) is 24.6. The number of phenols is 1. The molecular weight excluding hydrogens is 573 g/mol. The van der Waals surface area contributed by atoms with Gasteiger partial charge in [0.05, 0.1) is 21.3 Å². The Morgan fingerprint density at radius 1 is 0.968 bits per heavy atom. The molecule has 0 radical (unpaired) electrons. The second kappa shape index (κ2) is 10.3. The van der Waals surface area contributed by atoms with E-state index in [0.717, 1.165) is 4.47 Å². The molecule has 0 aliphatic heterocycles. The van der Waals surface area contributed by atoms with Crippen molar-refractivity contribution in [1.29, 1.82) is 0 Å². The minimum atomic E-state index is -0.455. The third-order valence-corrected chi connectivity index (χ3v) is 5.62. The lowest BCUT2D eigenvalue weighted by Gasteiger charge is -2.08. The van der Waals surface area contributed by atoms with E-state index in [1.165, 1.54) is 30.5 Å². The van der Waals surface area contributed by atoms with Crippen LogP contribution in [0, 0.1) is 0 Å². The molecule has 3 aromatic carbocycles. The molecule has 0 spiro atoms. The summed E-state index contributed by atoms with van der Waals surface area (Å²) in [6, 6.07) is 14.2. The molecule has 0 unspecified atom stereocenters. The van der Waals surface area contributed by atoms with Crippen molar-refractivity contribution in [2.75, 3.05) is 5.32 Å². The molecule has 2 amide bonds. The van der Waals surface area contributed by atoms with Gasteiger partial charge in [0, 0.05) is 26.3 Å². The van der Waals surface area contributed by atoms with Crippen LogP contribution in [-0.4, -0.2) is 23.1 Å². The first-order valence-corrected chi connectivity index (χ1v) is 11.0. The normalized spacial score (nSPS) is 10.8. The summed E-state index contributed by atoms with van der Waals surface area (Å²) in [5.41, 5.74) is 3.90. The van der Waals surface area contributed by atoms with Gasteiger partial charge in [-0.1, -0.05) is 39.1 Å². The Hall–Kier alpha value is -2.39. The number of carbonyl (C=O) groups is 2. The van der Waals surface area contributed by atoms with Crippen LogP contribution in [0.2, 0.25) is 10.0 Å². The van der Waals surface area contributed by atoms with Crippen LogP contribution in [0.3, 0.4) is 0 Å². The number of hydrazone groups is 1. The lowest BCUT2D eigenvalue weighted by atomic mass is 10.1. The molecule has 3 rings (SSSR count). The second-order valence-electron chi connectivity index (χ2n) is 6.18. The lowest BCUT2D eigenvalue weighted by Crippen LogP contribution is -2.18. The van der Waals surface area contributed by atoms with Crippen molar-refractivity contribution in [1.82, 2.24) is 5.43 Å². The lowest BCUT2D eigenvalue weighted by molar-refractivity contribution is 0.0954. The number of nitrogens with zero attached hydrogens (tertiary/aromatic N) is 1. The molecular formula is C21H13Br2Cl2N3O3. The fraction of sp³-hybridized carbons (Fsp3) is 0. The van der Waals surface area contributed by atoms with Crippen molar-refractivity contribution >= 4 is 78.8 Å². The summed E-state index contributed by atoms with van der Waals surface area (Å²) in [6.45, 7) is 0. The number of halogens is 4. The molecule has 6 nitrogen and oxygen atoms in total. The van der Waals surface area contributed by atoms with Gasteiger partial charge in [0.25, 0.3) is 11.8 Å². The molecule has 0 heterocycles. The maximum Gasteiger partial charge on any atom is 0.271 e. The van der Waals surface area contributed by atoms with Crippen molar-refractivity contribution < 1.29 is 14.7 Å². The van der Waals surface area contributed by atoms with Crippen LogP contribution >= 0.6 is 55.1 Å². The quantitative estimate of drug-likeness (QED) is 0.244. The number of carbonyl (C=O) groups excluding carboxylic acids is 2. The molecule has 0 aliphatic rings. The van der Waals surface area contributed by atoms with E-state index in [-0.39, 0.29) is 16.3 Å². The Morgan fingerprint density at radius 3 is 2.35 bits per heavy atom. The average Bonchev–Trinajstić information content (AvgIpc) is 2.71. The second-order valence-corrected chi connectivity index (χ2v) is 8.79. The number of hydrogen-bond acceptors (Lipinski definition) is 4. The molecule has 0 saturated heterocycles. The smallest absolute Gasteiger partial charge is 0.271 e. The number of anilines is 1. The van der Waals surface area contributed by atoms with E-state index in [2.05, 4.69) is 47.7 Å². The number of hydrogen-bond donors (Lipinski definition) is 3. The molecule has 0 aliphatic carbocycles. The van der Waals surface area contributed by atoms with Crippen LogP contribution in [0.1, 0.15) is 26.3 Å². The number of phenolic OH excluding ortho intramolecular Hbond substituents is 1. The number of aromatic hydroxyl groups is 1. The summed E-state index contributed by atoms with van der Waals surface area (Å²) in [7, 11) is 0. The van der Waals surface area contributed by atoms with E-state index in [1.807, 2.05) is 0 Å². The van der Waals surface area contributed by atoms with Gasteiger partial charge in [-0.2, -0.15) is 5.10 Å². The topological polar surface area (TPSA) is 90.8 Å². The van der Waals surface area contributed by atoms with E-state index in [1.54, 1.807) is 30.3 Å². The number of nitrogens with one attached hydrogen (secondary N) is 2. The average molecular weight is 586 g/mol. The first kappa shape index (κ1) is 23.3. The van der Waals surface area contributed by atoms with Gasteiger partial charge in [-0.3, -0.25) is 9.59 Å². The van der Waals surface area contributed by atoms with Crippen LogP contribution in [0.25, 0.3) is 0 Å². The zero-order valence-corrected chi connectivity index (χ0v) is 20.2. The summed E-state index contributed by atoms with van der Waals surface area (Å²) >= 11 is 18.4.